The first-order valence-electron chi connectivity index (χ1n) is 6.53. The van der Waals surface area contributed by atoms with Crippen LogP contribution in [0.5, 0.6) is 0 Å². The average molecular weight is 298 g/mol. The molecule has 1 amide bonds. The van der Waals surface area contributed by atoms with Crippen molar-refractivity contribution in [2.75, 3.05) is 0 Å². The summed E-state index contributed by atoms with van der Waals surface area (Å²) in [6.45, 7) is 1.98. The van der Waals surface area contributed by atoms with Gasteiger partial charge in [0.1, 0.15) is 12.7 Å². The van der Waals surface area contributed by atoms with Gasteiger partial charge in [-0.1, -0.05) is 6.07 Å². The molecule has 1 N–H and O–H groups in total. The molecule has 0 spiro atoms. The van der Waals surface area contributed by atoms with Crippen LogP contribution in [0, 0.1) is 0 Å². The first-order chi connectivity index (χ1) is 10.2. The average Bonchev–Trinajstić information content (AvgIpc) is 3.20. The summed E-state index contributed by atoms with van der Waals surface area (Å²) in [6, 6.07) is 11.3. The number of nitrogens with zero attached hydrogens (tertiary/aromatic N) is 3. The minimum absolute atomic E-state index is 0.00694. The van der Waals surface area contributed by atoms with E-state index in [1.165, 1.54) is 6.33 Å². The van der Waals surface area contributed by atoms with Crippen LogP contribution in [0.25, 0.3) is 5.69 Å². The van der Waals surface area contributed by atoms with Gasteiger partial charge in [0, 0.05) is 10.4 Å². The Hall–Kier alpha value is -2.47. The number of benzene rings is 1. The molecule has 0 saturated heterocycles. The maximum atomic E-state index is 12.2. The van der Waals surface area contributed by atoms with Crippen molar-refractivity contribution in [3.8, 4) is 5.69 Å². The number of hydrogen-bond donors (Lipinski definition) is 1. The van der Waals surface area contributed by atoms with Crippen molar-refractivity contribution in [3.63, 3.8) is 0 Å². The van der Waals surface area contributed by atoms with Gasteiger partial charge in [-0.15, -0.1) is 11.3 Å². The molecule has 0 radical (unpaired) electrons. The van der Waals surface area contributed by atoms with Crippen LogP contribution >= 0.6 is 11.3 Å². The number of carbonyl (C=O) groups excluding carboxylic acids is 1. The maximum absolute atomic E-state index is 12.2. The van der Waals surface area contributed by atoms with Crippen LogP contribution in [0.4, 0.5) is 0 Å². The van der Waals surface area contributed by atoms with E-state index in [1.807, 2.05) is 36.6 Å². The van der Waals surface area contributed by atoms with Gasteiger partial charge in [-0.25, -0.2) is 9.67 Å². The van der Waals surface area contributed by atoms with E-state index in [4.69, 9.17) is 0 Å². The zero-order valence-corrected chi connectivity index (χ0v) is 12.2. The van der Waals surface area contributed by atoms with Gasteiger partial charge in [0.05, 0.1) is 11.7 Å². The number of aromatic nitrogens is 3. The van der Waals surface area contributed by atoms with Gasteiger partial charge in [0.15, 0.2) is 0 Å². The molecular formula is C15H14N4OS. The van der Waals surface area contributed by atoms with Gasteiger partial charge in [-0.3, -0.25) is 4.79 Å². The summed E-state index contributed by atoms with van der Waals surface area (Å²) in [5.41, 5.74) is 1.50. The van der Waals surface area contributed by atoms with Crippen molar-refractivity contribution in [2.24, 2.45) is 0 Å². The Bertz CT molecular complexity index is 705. The third-order valence-corrected chi connectivity index (χ3v) is 4.19. The highest BCUT2D eigenvalue weighted by Gasteiger charge is 2.12. The zero-order chi connectivity index (χ0) is 14.7. The molecule has 0 aliphatic heterocycles. The van der Waals surface area contributed by atoms with Crippen molar-refractivity contribution in [1.29, 1.82) is 0 Å². The van der Waals surface area contributed by atoms with Gasteiger partial charge in [-0.05, 0) is 42.6 Å². The second kappa shape index (κ2) is 5.88. The summed E-state index contributed by atoms with van der Waals surface area (Å²) in [5.74, 6) is -0.0824. The van der Waals surface area contributed by atoms with Crippen molar-refractivity contribution >= 4 is 17.2 Å². The lowest BCUT2D eigenvalue weighted by Crippen LogP contribution is -2.26. The highest BCUT2D eigenvalue weighted by molar-refractivity contribution is 7.10. The van der Waals surface area contributed by atoms with Gasteiger partial charge in [0.25, 0.3) is 5.91 Å². The van der Waals surface area contributed by atoms with Gasteiger partial charge in [-0.2, -0.15) is 5.10 Å². The fourth-order valence-electron chi connectivity index (χ4n) is 2.00. The van der Waals surface area contributed by atoms with Gasteiger partial charge >= 0.3 is 0 Å². The fraction of sp³-hybridized carbons (Fsp3) is 0.133. The molecule has 3 rings (SSSR count). The minimum Gasteiger partial charge on any atom is -0.345 e. The summed E-state index contributed by atoms with van der Waals surface area (Å²) >= 11 is 1.64. The summed E-state index contributed by atoms with van der Waals surface area (Å²) in [6.07, 6.45) is 3.09. The van der Waals surface area contributed by atoms with Crippen molar-refractivity contribution in [3.05, 3.63) is 64.9 Å². The highest BCUT2D eigenvalue weighted by atomic mass is 32.1. The van der Waals surface area contributed by atoms with Crippen molar-refractivity contribution in [1.82, 2.24) is 20.1 Å². The number of thiophene rings is 1. The minimum atomic E-state index is -0.0824. The molecule has 0 bridgehead atoms. The molecule has 1 atom stereocenters. The van der Waals surface area contributed by atoms with E-state index >= 15 is 0 Å². The van der Waals surface area contributed by atoms with Crippen LogP contribution < -0.4 is 5.32 Å². The van der Waals surface area contributed by atoms with E-state index in [2.05, 4.69) is 15.4 Å². The smallest absolute Gasteiger partial charge is 0.251 e. The summed E-state index contributed by atoms with van der Waals surface area (Å²) in [7, 11) is 0. The summed E-state index contributed by atoms with van der Waals surface area (Å²) < 4.78 is 1.65. The number of amides is 1. The van der Waals surface area contributed by atoms with E-state index < -0.39 is 0 Å². The molecule has 0 saturated carbocycles. The van der Waals surface area contributed by atoms with Crippen LogP contribution in [-0.4, -0.2) is 20.7 Å². The molecule has 1 unspecified atom stereocenters. The molecule has 2 aromatic heterocycles. The molecule has 1 aromatic carbocycles. The maximum Gasteiger partial charge on any atom is 0.251 e. The van der Waals surface area contributed by atoms with Crippen LogP contribution in [0.3, 0.4) is 0 Å². The normalized spacial score (nSPS) is 12.0. The van der Waals surface area contributed by atoms with E-state index in [0.717, 1.165) is 10.6 Å². The van der Waals surface area contributed by atoms with Crippen molar-refractivity contribution < 1.29 is 4.79 Å². The second-order valence-electron chi connectivity index (χ2n) is 4.60. The highest BCUT2D eigenvalue weighted by Crippen LogP contribution is 2.18. The number of nitrogens with one attached hydrogen (secondary N) is 1. The number of hydrogen-bond acceptors (Lipinski definition) is 4. The lowest BCUT2D eigenvalue weighted by molar-refractivity contribution is 0.0940. The topological polar surface area (TPSA) is 59.8 Å². The number of rotatable bonds is 4. The summed E-state index contributed by atoms with van der Waals surface area (Å²) in [5, 5.41) is 9.04. The third kappa shape index (κ3) is 3.00. The van der Waals surface area contributed by atoms with Crippen molar-refractivity contribution in [2.45, 2.75) is 13.0 Å². The Kier molecular flexibility index (Phi) is 3.79. The first-order valence-corrected chi connectivity index (χ1v) is 7.41. The molecule has 3 aromatic rings. The van der Waals surface area contributed by atoms with Gasteiger partial charge in [0.2, 0.25) is 0 Å². The quantitative estimate of drug-likeness (QED) is 0.805. The van der Waals surface area contributed by atoms with E-state index in [1.54, 1.807) is 34.5 Å². The van der Waals surface area contributed by atoms with Crippen LogP contribution in [0.15, 0.2) is 54.4 Å². The van der Waals surface area contributed by atoms with Crippen LogP contribution in [-0.2, 0) is 0 Å². The Balaban J connectivity index is 1.70. The predicted octanol–water partition coefficient (Wildman–Crippen LogP) is 2.82. The van der Waals surface area contributed by atoms with E-state index in [-0.39, 0.29) is 11.9 Å². The largest absolute Gasteiger partial charge is 0.345 e. The van der Waals surface area contributed by atoms with E-state index in [0.29, 0.717) is 5.56 Å². The number of carbonyl (C=O) groups is 1. The monoisotopic (exact) mass is 298 g/mol. The Morgan fingerprint density at radius 2 is 2.10 bits per heavy atom. The standard InChI is InChI=1S/C15H14N4OS/c1-11(14-3-2-8-21-14)18-15(20)12-4-6-13(7-5-12)19-10-16-9-17-19/h2-11H,1H3,(H,18,20). The van der Waals surface area contributed by atoms with Crippen LogP contribution in [0.2, 0.25) is 0 Å². The molecule has 2 heterocycles. The molecule has 0 aliphatic carbocycles. The summed E-state index contributed by atoms with van der Waals surface area (Å²) in [4.78, 5) is 17.2. The fourth-order valence-corrected chi connectivity index (χ4v) is 2.73. The lowest BCUT2D eigenvalue weighted by atomic mass is 10.1. The Morgan fingerprint density at radius 1 is 1.29 bits per heavy atom. The molecular weight excluding hydrogens is 284 g/mol. The molecule has 0 fully saturated rings. The zero-order valence-electron chi connectivity index (χ0n) is 11.4. The molecule has 0 aliphatic rings. The first kappa shape index (κ1) is 13.5. The SMILES string of the molecule is CC(NC(=O)c1ccc(-n2cncn2)cc1)c1cccs1. The predicted molar refractivity (Wildman–Crippen MR) is 81.6 cm³/mol. The molecule has 106 valence electrons. The molecule has 21 heavy (non-hydrogen) atoms. The lowest BCUT2D eigenvalue weighted by Gasteiger charge is -2.12. The van der Waals surface area contributed by atoms with E-state index in [9.17, 15) is 4.79 Å². The molecule has 5 nitrogen and oxygen atoms in total. The third-order valence-electron chi connectivity index (χ3n) is 3.13. The van der Waals surface area contributed by atoms with Crippen LogP contribution in [0.1, 0.15) is 28.2 Å². The Morgan fingerprint density at radius 3 is 2.71 bits per heavy atom. The van der Waals surface area contributed by atoms with Gasteiger partial charge < -0.3 is 5.32 Å². The second-order valence-corrected chi connectivity index (χ2v) is 5.58. The Labute approximate surface area is 126 Å². The molecule has 6 heteroatoms.